The molecule has 1 N–H and O–H groups in total. The molecule has 0 saturated heterocycles. The number of amides is 1. The Morgan fingerprint density at radius 1 is 1.17 bits per heavy atom. The van der Waals surface area contributed by atoms with Crippen molar-refractivity contribution < 1.29 is 9.90 Å². The second-order valence-corrected chi connectivity index (χ2v) is 7.01. The van der Waals surface area contributed by atoms with Crippen LogP contribution in [0.25, 0.3) is 0 Å². The van der Waals surface area contributed by atoms with Crippen molar-refractivity contribution in [3.05, 3.63) is 35.9 Å². The number of aliphatic hydroxyl groups is 1. The summed E-state index contributed by atoms with van der Waals surface area (Å²) >= 11 is 0. The molecule has 3 nitrogen and oxygen atoms in total. The summed E-state index contributed by atoms with van der Waals surface area (Å²) in [5, 5.41) is 10.6. The zero-order valence-electron chi connectivity index (χ0n) is 15.3. The normalized spacial score (nSPS) is 15.3. The monoisotopic (exact) mass is 319 g/mol. The molecule has 0 radical (unpaired) electrons. The number of carbonyl (C=O) groups is 1. The van der Waals surface area contributed by atoms with E-state index in [-0.39, 0.29) is 17.9 Å². The molecule has 0 saturated carbocycles. The Morgan fingerprint density at radius 3 is 2.30 bits per heavy atom. The minimum atomic E-state index is -0.656. The Kier molecular flexibility index (Phi) is 8.32. The predicted octanol–water partition coefficient (Wildman–Crippen LogP) is 4.42. The van der Waals surface area contributed by atoms with Crippen LogP contribution in [0.2, 0.25) is 0 Å². The van der Waals surface area contributed by atoms with Crippen LogP contribution in [0, 0.1) is 11.8 Å². The first kappa shape index (κ1) is 19.7. The number of hydrogen-bond acceptors (Lipinski definition) is 2. The topological polar surface area (TPSA) is 40.5 Å². The Labute approximate surface area is 141 Å². The Morgan fingerprint density at radius 2 is 1.78 bits per heavy atom. The van der Waals surface area contributed by atoms with E-state index in [0.717, 1.165) is 31.2 Å². The van der Waals surface area contributed by atoms with Crippen LogP contribution in [0.3, 0.4) is 0 Å². The molecule has 1 rings (SSSR count). The maximum atomic E-state index is 12.9. The highest BCUT2D eigenvalue weighted by molar-refractivity contribution is 5.79. The van der Waals surface area contributed by atoms with Crippen LogP contribution in [0.4, 0.5) is 0 Å². The second kappa shape index (κ2) is 9.71. The predicted molar refractivity (Wildman–Crippen MR) is 96.1 cm³/mol. The van der Waals surface area contributed by atoms with E-state index in [0.29, 0.717) is 5.92 Å². The molecule has 1 aromatic carbocycles. The van der Waals surface area contributed by atoms with Crippen LogP contribution in [-0.4, -0.2) is 29.0 Å². The van der Waals surface area contributed by atoms with Crippen LogP contribution >= 0.6 is 0 Å². The van der Waals surface area contributed by atoms with E-state index in [2.05, 4.69) is 20.8 Å². The maximum absolute atomic E-state index is 12.9. The number of aliphatic hydroxyl groups excluding tert-OH is 1. The van der Waals surface area contributed by atoms with Crippen LogP contribution in [-0.2, 0) is 4.79 Å². The van der Waals surface area contributed by atoms with Crippen molar-refractivity contribution in [1.29, 1.82) is 0 Å². The highest BCUT2D eigenvalue weighted by Crippen LogP contribution is 2.25. The van der Waals surface area contributed by atoms with Gasteiger partial charge in [0.2, 0.25) is 5.91 Å². The fraction of sp³-hybridized carbons (Fsp3) is 0.650. The molecule has 0 bridgehead atoms. The second-order valence-electron chi connectivity index (χ2n) is 7.01. The van der Waals surface area contributed by atoms with E-state index >= 15 is 0 Å². The van der Waals surface area contributed by atoms with Gasteiger partial charge in [0.1, 0.15) is 0 Å². The van der Waals surface area contributed by atoms with Gasteiger partial charge in [0.25, 0.3) is 0 Å². The molecule has 1 aromatic rings. The van der Waals surface area contributed by atoms with Gasteiger partial charge < -0.3 is 10.0 Å². The molecule has 0 aliphatic rings. The summed E-state index contributed by atoms with van der Waals surface area (Å²) < 4.78 is 0. The summed E-state index contributed by atoms with van der Waals surface area (Å²) in [7, 11) is 1.82. The van der Waals surface area contributed by atoms with Gasteiger partial charge in [-0.15, -0.1) is 0 Å². The summed E-state index contributed by atoms with van der Waals surface area (Å²) in [6.45, 7) is 8.40. The third kappa shape index (κ3) is 5.98. The first-order valence-corrected chi connectivity index (χ1v) is 8.88. The Bertz CT molecular complexity index is 458. The van der Waals surface area contributed by atoms with Crippen molar-refractivity contribution in [2.75, 3.05) is 7.05 Å². The maximum Gasteiger partial charge on any atom is 0.225 e. The molecule has 0 aliphatic carbocycles. The third-order valence-corrected chi connectivity index (χ3v) is 4.57. The minimum absolute atomic E-state index is 0.0605. The van der Waals surface area contributed by atoms with Gasteiger partial charge in [0.15, 0.2) is 0 Å². The number of benzene rings is 1. The van der Waals surface area contributed by atoms with Gasteiger partial charge in [0, 0.05) is 13.0 Å². The lowest BCUT2D eigenvalue weighted by Crippen LogP contribution is -2.42. The van der Waals surface area contributed by atoms with Crippen LogP contribution in [0.5, 0.6) is 0 Å². The standard InChI is InChI=1S/C20H33NO2/c1-6-7-11-18(14-15(2)3)20(23)21(5)16(4)19(22)17-12-9-8-10-13-17/h8-10,12-13,15-16,18-19,22H,6-7,11,14H2,1-5H3/t16-,18-,19+/m0/s1. The summed E-state index contributed by atoms with van der Waals surface area (Å²) in [4.78, 5) is 14.6. The van der Waals surface area contributed by atoms with E-state index in [9.17, 15) is 9.90 Å². The molecular formula is C20H33NO2. The fourth-order valence-corrected chi connectivity index (χ4v) is 2.99. The number of rotatable bonds is 9. The lowest BCUT2D eigenvalue weighted by molar-refractivity contribution is -0.139. The number of carbonyl (C=O) groups excluding carboxylic acids is 1. The van der Waals surface area contributed by atoms with Gasteiger partial charge >= 0.3 is 0 Å². The summed E-state index contributed by atoms with van der Waals surface area (Å²) in [5.74, 6) is 0.726. The Balaban J connectivity index is 2.78. The van der Waals surface area contributed by atoms with Crippen molar-refractivity contribution in [2.24, 2.45) is 11.8 Å². The fourth-order valence-electron chi connectivity index (χ4n) is 2.99. The summed E-state index contributed by atoms with van der Waals surface area (Å²) in [5.41, 5.74) is 0.855. The highest BCUT2D eigenvalue weighted by atomic mass is 16.3. The molecule has 130 valence electrons. The van der Waals surface area contributed by atoms with E-state index in [1.165, 1.54) is 0 Å². The van der Waals surface area contributed by atoms with E-state index in [4.69, 9.17) is 0 Å². The molecule has 3 heteroatoms. The average molecular weight is 319 g/mol. The van der Waals surface area contributed by atoms with Gasteiger partial charge in [-0.05, 0) is 31.2 Å². The molecular weight excluding hydrogens is 286 g/mol. The first-order chi connectivity index (χ1) is 10.9. The molecule has 23 heavy (non-hydrogen) atoms. The van der Waals surface area contributed by atoms with Gasteiger partial charge in [0.05, 0.1) is 12.1 Å². The molecule has 0 unspecified atom stereocenters. The number of likely N-dealkylation sites (N-methyl/N-ethyl adjacent to an activating group) is 1. The largest absolute Gasteiger partial charge is 0.386 e. The van der Waals surface area contributed by atoms with Crippen molar-refractivity contribution >= 4 is 5.91 Å². The third-order valence-electron chi connectivity index (χ3n) is 4.57. The molecule has 0 heterocycles. The zero-order valence-corrected chi connectivity index (χ0v) is 15.3. The average Bonchev–Trinajstić information content (AvgIpc) is 2.56. The molecule has 0 fully saturated rings. The van der Waals surface area contributed by atoms with Gasteiger partial charge in [-0.1, -0.05) is 63.9 Å². The number of nitrogens with zero attached hydrogens (tertiary/aromatic N) is 1. The van der Waals surface area contributed by atoms with Crippen LogP contribution in [0.1, 0.15) is 65.0 Å². The van der Waals surface area contributed by atoms with E-state index < -0.39 is 6.10 Å². The SMILES string of the molecule is CCCC[C@@H](CC(C)C)C(=O)N(C)[C@@H](C)[C@@H](O)c1ccccc1. The van der Waals surface area contributed by atoms with Crippen molar-refractivity contribution in [3.63, 3.8) is 0 Å². The molecule has 0 spiro atoms. The van der Waals surface area contributed by atoms with Crippen LogP contribution < -0.4 is 0 Å². The molecule has 3 atom stereocenters. The van der Waals surface area contributed by atoms with E-state index in [1.807, 2.05) is 44.3 Å². The number of hydrogen-bond donors (Lipinski definition) is 1. The van der Waals surface area contributed by atoms with Crippen molar-refractivity contribution in [1.82, 2.24) is 4.90 Å². The quantitative estimate of drug-likeness (QED) is 0.732. The lowest BCUT2D eigenvalue weighted by atomic mass is 9.90. The lowest BCUT2D eigenvalue weighted by Gasteiger charge is -2.32. The smallest absolute Gasteiger partial charge is 0.225 e. The van der Waals surface area contributed by atoms with Gasteiger partial charge in [-0.25, -0.2) is 0 Å². The molecule has 0 aromatic heterocycles. The molecule has 1 amide bonds. The van der Waals surface area contributed by atoms with Gasteiger partial charge in [-0.2, -0.15) is 0 Å². The van der Waals surface area contributed by atoms with Gasteiger partial charge in [-0.3, -0.25) is 4.79 Å². The van der Waals surface area contributed by atoms with E-state index in [1.54, 1.807) is 4.90 Å². The zero-order chi connectivity index (χ0) is 17.4. The van der Waals surface area contributed by atoms with Crippen molar-refractivity contribution in [2.45, 2.75) is 65.5 Å². The number of unbranched alkanes of at least 4 members (excludes halogenated alkanes) is 1. The Hall–Kier alpha value is -1.35. The minimum Gasteiger partial charge on any atom is -0.386 e. The molecule has 0 aliphatic heterocycles. The van der Waals surface area contributed by atoms with Crippen molar-refractivity contribution in [3.8, 4) is 0 Å². The first-order valence-electron chi connectivity index (χ1n) is 8.88. The van der Waals surface area contributed by atoms with Crippen LogP contribution in [0.15, 0.2) is 30.3 Å². The summed E-state index contributed by atoms with van der Waals surface area (Å²) in [6, 6.07) is 9.33. The highest BCUT2D eigenvalue weighted by Gasteiger charge is 2.29. The summed E-state index contributed by atoms with van der Waals surface area (Å²) in [6.07, 6.45) is 3.37.